The molecule has 2 aliphatic rings. The number of carbonyl (C=O) groups excluding carboxylic acids is 1. The Morgan fingerprint density at radius 3 is 2.37 bits per heavy atom. The fraction of sp³-hybridized carbons (Fsp3) is 0.562. The fourth-order valence-corrected chi connectivity index (χ4v) is 4.06. The molecule has 1 aliphatic heterocycles. The summed E-state index contributed by atoms with van der Waals surface area (Å²) in [4.78, 5) is 14.3. The van der Waals surface area contributed by atoms with Gasteiger partial charge >= 0.3 is 0 Å². The number of rotatable bonds is 0. The van der Waals surface area contributed by atoms with Crippen LogP contribution in [-0.4, -0.2) is 23.7 Å². The Hall–Kier alpha value is -1.35. The predicted octanol–water partition coefficient (Wildman–Crippen LogP) is 2.54. The molecule has 0 spiro atoms. The summed E-state index contributed by atoms with van der Waals surface area (Å²) in [7, 11) is 1.75. The van der Waals surface area contributed by atoms with Gasteiger partial charge in [0.25, 0.3) is 5.91 Å². The van der Waals surface area contributed by atoms with Gasteiger partial charge in [0.2, 0.25) is 0 Å². The topological polar surface area (TPSA) is 40.5 Å². The first kappa shape index (κ1) is 12.7. The summed E-state index contributed by atoms with van der Waals surface area (Å²) in [6.07, 6.45) is 0. The Labute approximate surface area is 114 Å². The number of hydrogen-bond acceptors (Lipinski definition) is 2. The lowest BCUT2D eigenvalue weighted by molar-refractivity contribution is -0.248. The molecule has 3 heteroatoms. The Morgan fingerprint density at radius 2 is 1.74 bits per heavy atom. The van der Waals surface area contributed by atoms with Crippen molar-refractivity contribution in [3.05, 3.63) is 29.8 Å². The quantitative estimate of drug-likeness (QED) is 0.778. The molecule has 0 saturated heterocycles. The number of benzene rings is 1. The highest BCUT2D eigenvalue weighted by Gasteiger charge is 2.77. The minimum absolute atomic E-state index is 0.116. The van der Waals surface area contributed by atoms with Gasteiger partial charge in [-0.3, -0.25) is 4.79 Å². The summed E-state index contributed by atoms with van der Waals surface area (Å²) in [5.74, 6) is -0.310. The molecule has 1 aromatic rings. The van der Waals surface area contributed by atoms with Crippen molar-refractivity contribution < 1.29 is 9.90 Å². The van der Waals surface area contributed by atoms with Crippen molar-refractivity contribution in [1.82, 2.24) is 0 Å². The lowest BCUT2D eigenvalue weighted by atomic mass is 9.35. The van der Waals surface area contributed by atoms with Crippen LogP contribution in [0.15, 0.2) is 24.3 Å². The van der Waals surface area contributed by atoms with Crippen molar-refractivity contribution in [2.24, 2.45) is 10.8 Å². The zero-order chi connectivity index (χ0) is 14.2. The van der Waals surface area contributed by atoms with Crippen LogP contribution < -0.4 is 4.90 Å². The third-order valence-electron chi connectivity index (χ3n) is 5.94. The normalized spacial score (nSPS) is 34.3. The second-order valence-corrected chi connectivity index (χ2v) is 6.97. The molecule has 1 amide bonds. The van der Waals surface area contributed by atoms with Gasteiger partial charge in [-0.1, -0.05) is 45.9 Å². The molecule has 1 heterocycles. The van der Waals surface area contributed by atoms with Gasteiger partial charge in [0.15, 0.2) is 5.60 Å². The molecule has 1 saturated carbocycles. The number of hydrogen-bond donors (Lipinski definition) is 1. The predicted molar refractivity (Wildman–Crippen MR) is 75.1 cm³/mol. The van der Waals surface area contributed by atoms with Gasteiger partial charge in [-0.15, -0.1) is 0 Å². The molecule has 1 aliphatic carbocycles. The second-order valence-electron chi connectivity index (χ2n) is 6.97. The van der Waals surface area contributed by atoms with Crippen LogP contribution in [0.3, 0.4) is 0 Å². The maximum atomic E-state index is 12.7. The minimum Gasteiger partial charge on any atom is -0.379 e. The maximum Gasteiger partial charge on any atom is 0.259 e. The van der Waals surface area contributed by atoms with E-state index in [0.717, 1.165) is 11.3 Å². The molecule has 0 aromatic heterocycles. The average Bonchev–Trinajstić information content (AvgIpc) is 2.35. The molecule has 19 heavy (non-hydrogen) atoms. The summed E-state index contributed by atoms with van der Waals surface area (Å²) in [5.41, 5.74) is 0.153. The molecule has 1 aromatic carbocycles. The van der Waals surface area contributed by atoms with Crippen LogP contribution in [0.25, 0.3) is 0 Å². The number of fused-ring (bicyclic) bond motifs is 3. The highest BCUT2D eigenvalue weighted by molar-refractivity contribution is 6.05. The van der Waals surface area contributed by atoms with Crippen molar-refractivity contribution in [3.8, 4) is 0 Å². The number of amides is 1. The van der Waals surface area contributed by atoms with Crippen molar-refractivity contribution in [3.63, 3.8) is 0 Å². The Balaban J connectivity index is 2.29. The van der Waals surface area contributed by atoms with Crippen LogP contribution in [0.1, 0.15) is 39.2 Å². The second kappa shape index (κ2) is 3.21. The van der Waals surface area contributed by atoms with Gasteiger partial charge in [-0.25, -0.2) is 0 Å². The lowest BCUT2D eigenvalue weighted by Gasteiger charge is -2.71. The van der Waals surface area contributed by atoms with Crippen molar-refractivity contribution in [1.29, 1.82) is 0 Å². The minimum atomic E-state index is -1.29. The third-order valence-corrected chi connectivity index (χ3v) is 5.94. The third kappa shape index (κ3) is 1.08. The van der Waals surface area contributed by atoms with E-state index in [9.17, 15) is 9.90 Å². The highest BCUT2D eigenvalue weighted by atomic mass is 16.3. The molecule has 3 nitrogen and oxygen atoms in total. The van der Waals surface area contributed by atoms with E-state index in [2.05, 4.69) is 13.8 Å². The molecular weight excluding hydrogens is 238 g/mol. The SMILES string of the molecule is CN1C(=O)[C@]2(O)[C@H](c3ccccc31)C(C)(C)C2(C)C. The zero-order valence-electron chi connectivity index (χ0n) is 12.2. The lowest BCUT2D eigenvalue weighted by Crippen LogP contribution is -2.78. The van der Waals surface area contributed by atoms with Crippen LogP contribution in [0.5, 0.6) is 0 Å². The summed E-state index contributed by atoms with van der Waals surface area (Å²) in [6, 6.07) is 7.90. The Morgan fingerprint density at radius 1 is 1.16 bits per heavy atom. The molecule has 1 N–H and O–H groups in total. The van der Waals surface area contributed by atoms with Crippen LogP contribution in [0.4, 0.5) is 5.69 Å². The molecule has 0 bridgehead atoms. The number of likely N-dealkylation sites (N-methyl/N-ethyl adjacent to an activating group) is 1. The average molecular weight is 259 g/mol. The zero-order valence-corrected chi connectivity index (χ0v) is 12.2. The van der Waals surface area contributed by atoms with Crippen molar-refractivity contribution in [2.75, 3.05) is 11.9 Å². The molecule has 2 atom stereocenters. The summed E-state index contributed by atoms with van der Waals surface area (Å²) < 4.78 is 0. The summed E-state index contributed by atoms with van der Waals surface area (Å²) >= 11 is 0. The number of aliphatic hydroxyl groups is 1. The van der Waals surface area contributed by atoms with E-state index in [1.54, 1.807) is 11.9 Å². The van der Waals surface area contributed by atoms with Crippen LogP contribution in [0.2, 0.25) is 0 Å². The first-order valence-corrected chi connectivity index (χ1v) is 6.77. The number of anilines is 1. The standard InChI is InChI=1S/C16H21NO2/c1-14(2)12-10-8-6-7-9-11(10)17(5)13(18)16(12,19)15(14,3)4/h6-9,12,19H,1-5H3/t12-,16-/m1/s1. The van der Waals surface area contributed by atoms with Crippen LogP contribution in [-0.2, 0) is 4.79 Å². The Kier molecular flexibility index (Phi) is 2.14. The van der Waals surface area contributed by atoms with Gasteiger partial charge in [0.05, 0.1) is 0 Å². The monoisotopic (exact) mass is 259 g/mol. The van der Waals surface area contributed by atoms with Crippen LogP contribution >= 0.6 is 0 Å². The summed E-state index contributed by atoms with van der Waals surface area (Å²) in [5, 5.41) is 11.1. The van der Waals surface area contributed by atoms with Gasteiger partial charge < -0.3 is 10.0 Å². The highest BCUT2D eigenvalue weighted by Crippen LogP contribution is 2.72. The molecule has 3 rings (SSSR count). The number of nitrogens with zero attached hydrogens (tertiary/aromatic N) is 1. The molecule has 0 unspecified atom stereocenters. The van der Waals surface area contributed by atoms with Gasteiger partial charge in [-0.05, 0) is 17.0 Å². The van der Waals surface area contributed by atoms with Gasteiger partial charge in [0.1, 0.15) is 0 Å². The number of para-hydroxylation sites is 1. The van der Waals surface area contributed by atoms with E-state index in [4.69, 9.17) is 0 Å². The smallest absolute Gasteiger partial charge is 0.259 e. The van der Waals surface area contributed by atoms with E-state index in [0.29, 0.717) is 0 Å². The molecular formula is C16H21NO2. The first-order valence-electron chi connectivity index (χ1n) is 6.77. The van der Waals surface area contributed by atoms with Crippen LogP contribution in [0, 0.1) is 10.8 Å². The van der Waals surface area contributed by atoms with E-state index in [-0.39, 0.29) is 17.2 Å². The molecule has 1 fully saturated rings. The van der Waals surface area contributed by atoms with Crippen molar-refractivity contribution in [2.45, 2.75) is 39.2 Å². The Bertz CT molecular complexity index is 576. The maximum absolute atomic E-state index is 12.7. The van der Waals surface area contributed by atoms with Crippen molar-refractivity contribution >= 4 is 11.6 Å². The van der Waals surface area contributed by atoms with E-state index >= 15 is 0 Å². The van der Waals surface area contributed by atoms with E-state index in [1.807, 2.05) is 38.1 Å². The summed E-state index contributed by atoms with van der Waals surface area (Å²) in [6.45, 7) is 8.26. The number of carbonyl (C=O) groups is 1. The van der Waals surface area contributed by atoms with E-state index < -0.39 is 11.0 Å². The van der Waals surface area contributed by atoms with E-state index in [1.165, 1.54) is 0 Å². The molecule has 0 radical (unpaired) electrons. The fourth-order valence-electron chi connectivity index (χ4n) is 4.06. The molecule has 102 valence electrons. The van der Waals surface area contributed by atoms with Gasteiger partial charge in [0, 0.05) is 24.1 Å². The first-order chi connectivity index (χ1) is 8.67. The largest absolute Gasteiger partial charge is 0.379 e. The van der Waals surface area contributed by atoms with Gasteiger partial charge in [-0.2, -0.15) is 0 Å².